The fourth-order valence-corrected chi connectivity index (χ4v) is 4.33. The third-order valence-corrected chi connectivity index (χ3v) is 5.86. The molecule has 2 heterocycles. The van der Waals surface area contributed by atoms with Crippen molar-refractivity contribution in [1.29, 1.82) is 0 Å². The molecular weight excluding hydrogens is 358 g/mol. The van der Waals surface area contributed by atoms with E-state index in [0.29, 0.717) is 49.2 Å². The molecule has 2 aromatic rings. The number of nitrogens with zero attached hydrogens (tertiary/aromatic N) is 2. The standard InChI is InChI=1S/C18H20ClN3O2S/c1-2-7-20-15(23)12-21-8-10-22(11-9-21)18(24)17-16(19)13-5-3-4-6-14(13)25-17/h2-6H,1,7-12H2,(H,20,23). The molecule has 0 unspecified atom stereocenters. The van der Waals surface area contributed by atoms with E-state index in [4.69, 9.17) is 11.6 Å². The van der Waals surface area contributed by atoms with Crippen LogP contribution in [0.25, 0.3) is 10.1 Å². The number of fused-ring (bicyclic) bond motifs is 1. The molecule has 0 radical (unpaired) electrons. The Morgan fingerprint density at radius 3 is 2.64 bits per heavy atom. The molecule has 2 amide bonds. The maximum atomic E-state index is 12.8. The molecule has 1 aromatic heterocycles. The maximum Gasteiger partial charge on any atom is 0.265 e. The van der Waals surface area contributed by atoms with Gasteiger partial charge in [-0.3, -0.25) is 14.5 Å². The SMILES string of the molecule is C=CCNC(=O)CN1CCN(C(=O)c2sc3ccccc3c2Cl)CC1. The summed E-state index contributed by atoms with van der Waals surface area (Å²) in [5.41, 5.74) is 0. The highest BCUT2D eigenvalue weighted by molar-refractivity contribution is 7.21. The largest absolute Gasteiger partial charge is 0.352 e. The van der Waals surface area contributed by atoms with Crippen LogP contribution in [0.15, 0.2) is 36.9 Å². The summed E-state index contributed by atoms with van der Waals surface area (Å²) in [4.78, 5) is 29.0. The van der Waals surface area contributed by atoms with Crippen LogP contribution in [0.2, 0.25) is 5.02 Å². The van der Waals surface area contributed by atoms with Gasteiger partial charge in [-0.05, 0) is 6.07 Å². The van der Waals surface area contributed by atoms with Gasteiger partial charge in [-0.15, -0.1) is 17.9 Å². The molecule has 5 nitrogen and oxygen atoms in total. The molecule has 1 aliphatic heterocycles. The van der Waals surface area contributed by atoms with Crippen molar-refractivity contribution < 1.29 is 9.59 Å². The van der Waals surface area contributed by atoms with E-state index < -0.39 is 0 Å². The van der Waals surface area contributed by atoms with E-state index in [1.54, 1.807) is 6.08 Å². The molecular formula is C18H20ClN3O2S. The molecule has 3 rings (SSSR count). The summed E-state index contributed by atoms with van der Waals surface area (Å²) < 4.78 is 1.02. The van der Waals surface area contributed by atoms with Crippen molar-refractivity contribution in [2.75, 3.05) is 39.3 Å². The number of carbonyl (C=O) groups is 2. The molecule has 1 aromatic carbocycles. The Bertz CT molecular complexity index is 797. The third-order valence-electron chi connectivity index (χ3n) is 4.20. The van der Waals surface area contributed by atoms with E-state index in [-0.39, 0.29) is 11.8 Å². The van der Waals surface area contributed by atoms with Crippen LogP contribution in [0.3, 0.4) is 0 Å². The molecule has 0 bridgehead atoms. The van der Waals surface area contributed by atoms with Gasteiger partial charge in [0.1, 0.15) is 4.88 Å². The normalized spacial score (nSPS) is 15.3. The summed E-state index contributed by atoms with van der Waals surface area (Å²) in [5, 5.41) is 4.23. The number of carbonyl (C=O) groups excluding carboxylic acids is 2. The number of thiophene rings is 1. The zero-order valence-electron chi connectivity index (χ0n) is 13.8. The lowest BCUT2D eigenvalue weighted by molar-refractivity contribution is -0.122. The van der Waals surface area contributed by atoms with Crippen molar-refractivity contribution in [2.45, 2.75) is 0 Å². The zero-order chi connectivity index (χ0) is 17.8. The Balaban J connectivity index is 1.60. The summed E-state index contributed by atoms with van der Waals surface area (Å²) in [6.07, 6.45) is 1.66. The lowest BCUT2D eigenvalue weighted by atomic mass is 10.2. The number of hydrogen-bond donors (Lipinski definition) is 1. The highest BCUT2D eigenvalue weighted by Crippen LogP contribution is 2.35. The van der Waals surface area contributed by atoms with Crippen LogP contribution in [0, 0.1) is 0 Å². The van der Waals surface area contributed by atoms with E-state index in [9.17, 15) is 9.59 Å². The Labute approximate surface area is 155 Å². The van der Waals surface area contributed by atoms with E-state index in [0.717, 1.165) is 10.1 Å². The van der Waals surface area contributed by atoms with Gasteiger partial charge in [0.2, 0.25) is 5.91 Å². The van der Waals surface area contributed by atoms with Crippen molar-refractivity contribution in [3.05, 3.63) is 46.8 Å². The van der Waals surface area contributed by atoms with Gasteiger partial charge >= 0.3 is 0 Å². The first kappa shape index (κ1) is 17.9. The second-order valence-corrected chi connectivity index (χ2v) is 7.33. The van der Waals surface area contributed by atoms with Crippen LogP contribution < -0.4 is 5.32 Å². The summed E-state index contributed by atoms with van der Waals surface area (Å²) in [5.74, 6) is -0.0470. The Kier molecular flexibility index (Phi) is 5.73. The van der Waals surface area contributed by atoms with Crippen molar-refractivity contribution in [1.82, 2.24) is 15.1 Å². The van der Waals surface area contributed by atoms with Crippen LogP contribution in [-0.4, -0.2) is 60.9 Å². The van der Waals surface area contributed by atoms with Gasteiger partial charge in [-0.1, -0.05) is 35.9 Å². The lowest BCUT2D eigenvalue weighted by Crippen LogP contribution is -2.51. The predicted molar refractivity (Wildman–Crippen MR) is 102 cm³/mol. The molecule has 1 fully saturated rings. The number of rotatable bonds is 5. The molecule has 7 heteroatoms. The van der Waals surface area contributed by atoms with Gasteiger partial charge in [-0.2, -0.15) is 0 Å². The first-order valence-corrected chi connectivity index (χ1v) is 9.36. The molecule has 1 N–H and O–H groups in total. The number of halogens is 1. The fourth-order valence-electron chi connectivity index (χ4n) is 2.85. The average Bonchev–Trinajstić information content (AvgIpc) is 2.97. The monoisotopic (exact) mass is 377 g/mol. The van der Waals surface area contributed by atoms with Crippen LogP contribution in [-0.2, 0) is 4.79 Å². The summed E-state index contributed by atoms with van der Waals surface area (Å²) >= 11 is 7.84. The van der Waals surface area contributed by atoms with Gasteiger partial charge in [0, 0.05) is 42.8 Å². The molecule has 0 spiro atoms. The fraction of sp³-hybridized carbons (Fsp3) is 0.333. The van der Waals surface area contributed by atoms with E-state index in [1.165, 1.54) is 11.3 Å². The summed E-state index contributed by atoms with van der Waals surface area (Å²) in [7, 11) is 0. The van der Waals surface area contributed by atoms with Crippen LogP contribution >= 0.6 is 22.9 Å². The highest BCUT2D eigenvalue weighted by Gasteiger charge is 2.26. The second-order valence-electron chi connectivity index (χ2n) is 5.90. The number of piperazine rings is 1. The number of benzene rings is 1. The Hall–Kier alpha value is -1.89. The van der Waals surface area contributed by atoms with Crippen molar-refractivity contribution in [2.24, 2.45) is 0 Å². The van der Waals surface area contributed by atoms with Crippen LogP contribution in [0.5, 0.6) is 0 Å². The van der Waals surface area contributed by atoms with Gasteiger partial charge in [0.05, 0.1) is 11.6 Å². The van der Waals surface area contributed by atoms with Gasteiger partial charge < -0.3 is 10.2 Å². The topological polar surface area (TPSA) is 52.7 Å². The van der Waals surface area contributed by atoms with Crippen LogP contribution in [0.1, 0.15) is 9.67 Å². The third kappa shape index (κ3) is 4.03. The van der Waals surface area contributed by atoms with E-state index in [1.807, 2.05) is 29.2 Å². The molecule has 25 heavy (non-hydrogen) atoms. The van der Waals surface area contributed by atoms with Crippen molar-refractivity contribution in [3.8, 4) is 0 Å². The Morgan fingerprint density at radius 2 is 1.96 bits per heavy atom. The van der Waals surface area contributed by atoms with E-state index in [2.05, 4.69) is 16.8 Å². The summed E-state index contributed by atoms with van der Waals surface area (Å²) in [6, 6.07) is 7.78. The summed E-state index contributed by atoms with van der Waals surface area (Å²) in [6.45, 7) is 6.94. The molecule has 0 atom stereocenters. The minimum absolute atomic E-state index is 0.0211. The predicted octanol–water partition coefficient (Wildman–Crippen LogP) is 2.61. The Morgan fingerprint density at radius 1 is 1.24 bits per heavy atom. The molecule has 0 aliphatic carbocycles. The molecule has 1 aliphatic rings. The second kappa shape index (κ2) is 7.99. The average molecular weight is 378 g/mol. The smallest absolute Gasteiger partial charge is 0.265 e. The molecule has 1 saturated heterocycles. The number of nitrogens with one attached hydrogen (secondary N) is 1. The first-order chi connectivity index (χ1) is 12.1. The number of hydrogen-bond acceptors (Lipinski definition) is 4. The lowest BCUT2D eigenvalue weighted by Gasteiger charge is -2.34. The quantitative estimate of drug-likeness (QED) is 0.815. The van der Waals surface area contributed by atoms with Crippen molar-refractivity contribution >= 4 is 44.8 Å². The zero-order valence-corrected chi connectivity index (χ0v) is 15.4. The highest BCUT2D eigenvalue weighted by atomic mass is 35.5. The minimum Gasteiger partial charge on any atom is -0.352 e. The number of amides is 2. The van der Waals surface area contributed by atoms with Gasteiger partial charge in [0.15, 0.2) is 0 Å². The maximum absolute atomic E-state index is 12.8. The first-order valence-electron chi connectivity index (χ1n) is 8.16. The van der Waals surface area contributed by atoms with Gasteiger partial charge in [0.25, 0.3) is 5.91 Å². The van der Waals surface area contributed by atoms with Crippen molar-refractivity contribution in [3.63, 3.8) is 0 Å². The van der Waals surface area contributed by atoms with Crippen LogP contribution in [0.4, 0.5) is 0 Å². The molecule has 132 valence electrons. The molecule has 0 saturated carbocycles. The van der Waals surface area contributed by atoms with Gasteiger partial charge in [-0.25, -0.2) is 0 Å². The minimum atomic E-state index is -0.0260. The van der Waals surface area contributed by atoms with E-state index >= 15 is 0 Å².